The van der Waals surface area contributed by atoms with Crippen molar-refractivity contribution < 1.29 is 22.7 Å². The molecular weight excluding hydrogens is 251 g/mol. The van der Waals surface area contributed by atoms with Crippen molar-refractivity contribution in [2.24, 2.45) is 0 Å². The average molecular weight is 262 g/mol. The van der Waals surface area contributed by atoms with E-state index in [-0.39, 0.29) is 17.8 Å². The SMILES string of the molecule is CCNS(=O)(=O)Nc1ccc(C(=O)O)cc1F. The van der Waals surface area contributed by atoms with Crippen molar-refractivity contribution in [1.82, 2.24) is 4.72 Å². The second-order valence-corrected chi connectivity index (χ2v) is 4.60. The molecule has 0 aliphatic heterocycles. The van der Waals surface area contributed by atoms with Gasteiger partial charge in [0, 0.05) is 6.54 Å². The van der Waals surface area contributed by atoms with Crippen molar-refractivity contribution in [1.29, 1.82) is 0 Å². The van der Waals surface area contributed by atoms with Gasteiger partial charge in [0.2, 0.25) is 0 Å². The molecule has 0 atom stereocenters. The maximum atomic E-state index is 13.4. The summed E-state index contributed by atoms with van der Waals surface area (Å²) in [5.74, 6) is -2.24. The molecule has 17 heavy (non-hydrogen) atoms. The van der Waals surface area contributed by atoms with Crippen molar-refractivity contribution in [2.75, 3.05) is 11.3 Å². The smallest absolute Gasteiger partial charge is 0.335 e. The Balaban J connectivity index is 2.98. The Morgan fingerprint density at radius 1 is 1.47 bits per heavy atom. The van der Waals surface area contributed by atoms with E-state index >= 15 is 0 Å². The predicted octanol–water partition coefficient (Wildman–Crippen LogP) is 0.790. The molecule has 1 rings (SSSR count). The Bertz CT molecular complexity index is 530. The topological polar surface area (TPSA) is 95.5 Å². The standard InChI is InChI=1S/C9H11FN2O4S/c1-2-11-17(15,16)12-8-4-3-6(9(13)14)5-7(8)10/h3-5,11-12H,2H2,1H3,(H,13,14). The fourth-order valence-electron chi connectivity index (χ4n) is 1.10. The second-order valence-electron chi connectivity index (χ2n) is 3.10. The van der Waals surface area contributed by atoms with Gasteiger partial charge in [-0.15, -0.1) is 0 Å². The first-order chi connectivity index (χ1) is 7.85. The van der Waals surface area contributed by atoms with Gasteiger partial charge < -0.3 is 5.11 Å². The highest BCUT2D eigenvalue weighted by atomic mass is 32.2. The van der Waals surface area contributed by atoms with E-state index in [0.29, 0.717) is 0 Å². The number of hydrogen-bond acceptors (Lipinski definition) is 3. The first-order valence-electron chi connectivity index (χ1n) is 4.66. The first kappa shape index (κ1) is 13.4. The molecule has 94 valence electrons. The minimum atomic E-state index is -3.83. The summed E-state index contributed by atoms with van der Waals surface area (Å²) in [6, 6.07) is 2.90. The number of carbonyl (C=O) groups is 1. The van der Waals surface area contributed by atoms with Crippen LogP contribution in [0.15, 0.2) is 18.2 Å². The van der Waals surface area contributed by atoms with Crippen LogP contribution in [-0.4, -0.2) is 26.0 Å². The van der Waals surface area contributed by atoms with Gasteiger partial charge in [-0.25, -0.2) is 9.18 Å². The van der Waals surface area contributed by atoms with E-state index in [9.17, 15) is 17.6 Å². The number of hydrogen-bond donors (Lipinski definition) is 3. The van der Waals surface area contributed by atoms with Gasteiger partial charge in [-0.2, -0.15) is 13.1 Å². The van der Waals surface area contributed by atoms with Gasteiger partial charge in [-0.3, -0.25) is 4.72 Å². The van der Waals surface area contributed by atoms with E-state index in [1.807, 2.05) is 4.72 Å². The largest absolute Gasteiger partial charge is 0.478 e. The molecule has 0 fully saturated rings. The number of benzene rings is 1. The molecule has 0 unspecified atom stereocenters. The van der Waals surface area contributed by atoms with E-state index in [2.05, 4.69) is 4.72 Å². The highest BCUT2D eigenvalue weighted by Gasteiger charge is 2.13. The molecule has 0 spiro atoms. The van der Waals surface area contributed by atoms with Gasteiger partial charge >= 0.3 is 5.97 Å². The molecule has 6 nitrogen and oxygen atoms in total. The zero-order chi connectivity index (χ0) is 13.1. The molecule has 0 aromatic heterocycles. The van der Waals surface area contributed by atoms with Crippen molar-refractivity contribution >= 4 is 21.9 Å². The monoisotopic (exact) mass is 262 g/mol. The number of aromatic carboxylic acids is 1. The molecule has 0 saturated carbocycles. The van der Waals surface area contributed by atoms with E-state index in [1.54, 1.807) is 6.92 Å². The number of carboxylic acids is 1. The summed E-state index contributed by atoms with van der Waals surface area (Å²) >= 11 is 0. The highest BCUT2D eigenvalue weighted by Crippen LogP contribution is 2.16. The van der Waals surface area contributed by atoms with Gasteiger partial charge in [0.15, 0.2) is 0 Å². The summed E-state index contributed by atoms with van der Waals surface area (Å²) in [4.78, 5) is 10.5. The lowest BCUT2D eigenvalue weighted by Gasteiger charge is -2.08. The van der Waals surface area contributed by atoms with Gasteiger partial charge in [0.05, 0.1) is 11.3 Å². The molecule has 0 aliphatic rings. The van der Waals surface area contributed by atoms with Gasteiger partial charge in [0.1, 0.15) is 5.82 Å². The van der Waals surface area contributed by atoms with Crippen LogP contribution >= 0.6 is 0 Å². The molecule has 0 radical (unpaired) electrons. The number of anilines is 1. The summed E-state index contributed by atoms with van der Waals surface area (Å²) in [6.45, 7) is 1.73. The molecule has 0 heterocycles. The second kappa shape index (κ2) is 5.11. The molecular formula is C9H11FN2O4S. The number of carboxylic acid groups (broad SMARTS) is 1. The molecule has 1 aromatic carbocycles. The van der Waals surface area contributed by atoms with Crippen molar-refractivity contribution in [3.8, 4) is 0 Å². The number of nitrogens with one attached hydrogen (secondary N) is 2. The quantitative estimate of drug-likeness (QED) is 0.731. The number of halogens is 1. The first-order valence-corrected chi connectivity index (χ1v) is 6.14. The molecule has 0 aliphatic carbocycles. The van der Waals surface area contributed by atoms with Crippen LogP contribution in [0.25, 0.3) is 0 Å². The van der Waals surface area contributed by atoms with Crippen LogP contribution in [0.1, 0.15) is 17.3 Å². The van der Waals surface area contributed by atoms with E-state index in [1.165, 1.54) is 0 Å². The average Bonchev–Trinajstić information content (AvgIpc) is 2.20. The Hall–Kier alpha value is -1.67. The van der Waals surface area contributed by atoms with E-state index in [4.69, 9.17) is 5.11 Å². The Labute approximate surface area is 97.6 Å². The molecule has 1 aromatic rings. The maximum Gasteiger partial charge on any atom is 0.335 e. The van der Waals surface area contributed by atoms with Gasteiger partial charge in [0.25, 0.3) is 10.2 Å². The fourth-order valence-corrected chi connectivity index (χ4v) is 2.01. The lowest BCUT2D eigenvalue weighted by molar-refractivity contribution is 0.0696. The Kier molecular flexibility index (Phi) is 4.02. The van der Waals surface area contributed by atoms with Crippen molar-refractivity contribution in [2.45, 2.75) is 6.92 Å². The molecule has 3 N–H and O–H groups in total. The Morgan fingerprint density at radius 3 is 2.59 bits per heavy atom. The van der Waals surface area contributed by atoms with Crippen LogP contribution < -0.4 is 9.44 Å². The third-order valence-corrected chi connectivity index (χ3v) is 2.95. The zero-order valence-corrected chi connectivity index (χ0v) is 9.71. The molecule has 8 heteroatoms. The maximum absolute atomic E-state index is 13.4. The third-order valence-electron chi connectivity index (χ3n) is 1.79. The summed E-state index contributed by atoms with van der Waals surface area (Å²) in [5, 5.41) is 8.60. The van der Waals surface area contributed by atoms with Gasteiger partial charge in [-0.05, 0) is 18.2 Å². The zero-order valence-electron chi connectivity index (χ0n) is 8.90. The van der Waals surface area contributed by atoms with Crippen LogP contribution in [0.2, 0.25) is 0 Å². The van der Waals surface area contributed by atoms with Crippen molar-refractivity contribution in [3.05, 3.63) is 29.6 Å². The number of rotatable bonds is 5. The van der Waals surface area contributed by atoms with Gasteiger partial charge in [-0.1, -0.05) is 6.92 Å². The van der Waals surface area contributed by atoms with Crippen molar-refractivity contribution in [3.63, 3.8) is 0 Å². The lowest BCUT2D eigenvalue weighted by Crippen LogP contribution is -2.30. The minimum absolute atomic E-state index is 0.157. The van der Waals surface area contributed by atoms with Crippen LogP contribution in [0.5, 0.6) is 0 Å². The lowest BCUT2D eigenvalue weighted by atomic mass is 10.2. The van der Waals surface area contributed by atoms with E-state index in [0.717, 1.165) is 18.2 Å². The normalized spacial score (nSPS) is 11.2. The predicted molar refractivity (Wildman–Crippen MR) is 59.6 cm³/mol. The van der Waals surface area contributed by atoms with Crippen LogP contribution in [0, 0.1) is 5.82 Å². The molecule has 0 bridgehead atoms. The summed E-state index contributed by atoms with van der Waals surface area (Å²) in [5.41, 5.74) is -0.565. The van der Waals surface area contributed by atoms with Crippen LogP contribution in [0.3, 0.4) is 0 Å². The fraction of sp³-hybridized carbons (Fsp3) is 0.222. The minimum Gasteiger partial charge on any atom is -0.478 e. The summed E-state index contributed by atoms with van der Waals surface area (Å²) < 4.78 is 40.0. The van der Waals surface area contributed by atoms with E-state index < -0.39 is 22.0 Å². The molecule has 0 saturated heterocycles. The summed E-state index contributed by atoms with van der Waals surface area (Å²) in [6.07, 6.45) is 0. The molecule has 0 amide bonds. The summed E-state index contributed by atoms with van der Waals surface area (Å²) in [7, 11) is -3.83. The highest BCUT2D eigenvalue weighted by molar-refractivity contribution is 7.90. The third kappa shape index (κ3) is 3.68. The Morgan fingerprint density at radius 2 is 2.12 bits per heavy atom. The van der Waals surface area contributed by atoms with Crippen LogP contribution in [-0.2, 0) is 10.2 Å². The van der Waals surface area contributed by atoms with Crippen LogP contribution in [0.4, 0.5) is 10.1 Å².